The van der Waals surface area contributed by atoms with E-state index in [1.165, 1.54) is 23.7 Å². The average molecular weight is 345 g/mol. The summed E-state index contributed by atoms with van der Waals surface area (Å²) in [7, 11) is 0. The van der Waals surface area contributed by atoms with Gasteiger partial charge in [0, 0.05) is 12.1 Å². The Morgan fingerprint density at radius 1 is 1.21 bits per heavy atom. The summed E-state index contributed by atoms with van der Waals surface area (Å²) in [4.78, 5) is 14.7. The Bertz CT molecular complexity index is 689. The first-order valence-corrected chi connectivity index (χ1v) is 9.34. The topological polar surface area (TPSA) is 63.9 Å². The number of carbonyl (C=O) groups is 1. The maximum Gasteiger partial charge on any atom is 0.233 e. The van der Waals surface area contributed by atoms with E-state index in [-0.39, 0.29) is 5.91 Å². The number of nitrogens with zero attached hydrogens (tertiary/aromatic N) is 5. The van der Waals surface area contributed by atoms with Gasteiger partial charge in [-0.1, -0.05) is 29.5 Å². The van der Waals surface area contributed by atoms with Gasteiger partial charge < -0.3 is 4.90 Å². The number of tetrazole rings is 1. The highest BCUT2D eigenvalue weighted by molar-refractivity contribution is 7.99. The van der Waals surface area contributed by atoms with Crippen LogP contribution in [0.4, 0.5) is 0 Å². The number of carbonyl (C=O) groups excluding carboxylic acids is 1. The van der Waals surface area contributed by atoms with Crippen molar-refractivity contribution in [3.8, 4) is 5.69 Å². The fourth-order valence-electron chi connectivity index (χ4n) is 3.23. The first-order valence-electron chi connectivity index (χ1n) is 8.35. The molecule has 6 nitrogen and oxygen atoms in total. The molecule has 128 valence electrons. The Morgan fingerprint density at radius 2 is 1.88 bits per heavy atom. The molecule has 1 aliphatic rings. The van der Waals surface area contributed by atoms with Gasteiger partial charge in [-0.25, -0.2) is 0 Å². The van der Waals surface area contributed by atoms with E-state index < -0.39 is 0 Å². The van der Waals surface area contributed by atoms with Gasteiger partial charge in [-0.05, 0) is 62.6 Å². The van der Waals surface area contributed by atoms with Gasteiger partial charge in [0.15, 0.2) is 0 Å². The van der Waals surface area contributed by atoms with E-state index in [2.05, 4.69) is 29.4 Å². The van der Waals surface area contributed by atoms with Crippen LogP contribution in [0, 0.1) is 6.92 Å². The molecule has 7 heteroatoms. The van der Waals surface area contributed by atoms with Crippen molar-refractivity contribution < 1.29 is 4.79 Å². The Balaban J connectivity index is 1.68. The number of hydrogen-bond donors (Lipinski definition) is 0. The quantitative estimate of drug-likeness (QED) is 0.797. The summed E-state index contributed by atoms with van der Waals surface area (Å²) >= 11 is 1.39. The number of piperidine rings is 1. The lowest BCUT2D eigenvalue weighted by molar-refractivity contribution is -0.134. The molecule has 0 unspecified atom stereocenters. The predicted molar refractivity (Wildman–Crippen MR) is 94.2 cm³/mol. The normalized spacial score (nSPS) is 21.0. The third kappa shape index (κ3) is 3.61. The van der Waals surface area contributed by atoms with Crippen LogP contribution in [-0.4, -0.2) is 48.9 Å². The summed E-state index contributed by atoms with van der Waals surface area (Å²) in [5.74, 6) is 0.527. The first-order chi connectivity index (χ1) is 11.6. The van der Waals surface area contributed by atoms with Crippen molar-refractivity contribution in [1.82, 2.24) is 25.1 Å². The van der Waals surface area contributed by atoms with Gasteiger partial charge in [0.2, 0.25) is 11.1 Å². The van der Waals surface area contributed by atoms with E-state index in [1.807, 2.05) is 36.1 Å². The molecular formula is C17H23N5OS. The molecular weight excluding hydrogens is 322 g/mol. The first kappa shape index (κ1) is 17.0. The fraction of sp³-hybridized carbons (Fsp3) is 0.529. The molecule has 2 aromatic rings. The van der Waals surface area contributed by atoms with Crippen molar-refractivity contribution in [1.29, 1.82) is 0 Å². The van der Waals surface area contributed by atoms with Crippen molar-refractivity contribution in [2.24, 2.45) is 0 Å². The minimum Gasteiger partial charge on any atom is -0.337 e. The third-order valence-corrected chi connectivity index (χ3v) is 5.43. The summed E-state index contributed by atoms with van der Waals surface area (Å²) in [6.07, 6.45) is 3.37. The van der Waals surface area contributed by atoms with Gasteiger partial charge >= 0.3 is 0 Å². The van der Waals surface area contributed by atoms with E-state index in [4.69, 9.17) is 0 Å². The maximum atomic E-state index is 12.6. The fourth-order valence-corrected chi connectivity index (χ4v) is 3.99. The number of thioether (sulfide) groups is 1. The monoisotopic (exact) mass is 345 g/mol. The van der Waals surface area contributed by atoms with E-state index in [0.29, 0.717) is 23.0 Å². The second kappa shape index (κ2) is 7.34. The summed E-state index contributed by atoms with van der Waals surface area (Å²) in [5, 5.41) is 12.5. The summed E-state index contributed by atoms with van der Waals surface area (Å²) < 4.78 is 1.68. The molecule has 2 atom stereocenters. The van der Waals surface area contributed by atoms with Crippen molar-refractivity contribution >= 4 is 17.7 Å². The molecule has 1 fully saturated rings. The number of hydrogen-bond acceptors (Lipinski definition) is 5. The van der Waals surface area contributed by atoms with E-state index in [0.717, 1.165) is 18.5 Å². The number of aryl methyl sites for hydroxylation is 1. The van der Waals surface area contributed by atoms with Crippen LogP contribution in [0.25, 0.3) is 5.69 Å². The molecule has 0 saturated carbocycles. The molecule has 1 aliphatic heterocycles. The van der Waals surface area contributed by atoms with E-state index >= 15 is 0 Å². The number of amides is 1. The molecule has 0 spiro atoms. The lowest BCUT2D eigenvalue weighted by atomic mass is 9.98. The zero-order valence-corrected chi connectivity index (χ0v) is 15.2. The number of likely N-dealkylation sites (tertiary alicyclic amines) is 1. The molecule has 0 N–H and O–H groups in total. The zero-order valence-electron chi connectivity index (χ0n) is 14.3. The van der Waals surface area contributed by atoms with Crippen LogP contribution in [0.5, 0.6) is 0 Å². The molecule has 1 aromatic heterocycles. The van der Waals surface area contributed by atoms with Gasteiger partial charge in [0.05, 0.1) is 11.4 Å². The molecule has 3 rings (SSSR count). The van der Waals surface area contributed by atoms with Crippen LogP contribution in [0.3, 0.4) is 0 Å². The van der Waals surface area contributed by atoms with Crippen molar-refractivity contribution in [2.45, 2.75) is 57.3 Å². The van der Waals surface area contributed by atoms with Crippen LogP contribution in [0.2, 0.25) is 0 Å². The lowest BCUT2D eigenvalue weighted by Crippen LogP contribution is -2.48. The molecule has 0 aliphatic carbocycles. The summed E-state index contributed by atoms with van der Waals surface area (Å²) in [5.41, 5.74) is 2.09. The SMILES string of the molecule is Cc1ccc(-n2nnnc2SCC(=O)N2[C@H](C)CCC[C@H]2C)cc1. The Morgan fingerprint density at radius 3 is 2.54 bits per heavy atom. The molecule has 1 saturated heterocycles. The second-order valence-corrected chi connectivity index (χ2v) is 7.37. The molecule has 2 heterocycles. The third-order valence-electron chi connectivity index (χ3n) is 4.53. The maximum absolute atomic E-state index is 12.6. The summed E-state index contributed by atoms with van der Waals surface area (Å²) in [6, 6.07) is 8.63. The minimum atomic E-state index is 0.165. The summed E-state index contributed by atoms with van der Waals surface area (Å²) in [6.45, 7) is 6.31. The number of rotatable bonds is 4. The van der Waals surface area contributed by atoms with Gasteiger partial charge in [-0.15, -0.1) is 5.10 Å². The van der Waals surface area contributed by atoms with E-state index in [1.54, 1.807) is 4.68 Å². The van der Waals surface area contributed by atoms with Crippen molar-refractivity contribution in [3.05, 3.63) is 29.8 Å². The predicted octanol–water partition coefficient (Wildman–Crippen LogP) is 2.85. The van der Waals surface area contributed by atoms with Crippen LogP contribution < -0.4 is 0 Å². The average Bonchev–Trinajstić information content (AvgIpc) is 3.02. The van der Waals surface area contributed by atoms with Crippen LogP contribution in [0.15, 0.2) is 29.4 Å². The number of aromatic nitrogens is 4. The standard InChI is InChI=1S/C17H23N5OS/c1-12-7-9-15(10-8-12)22-17(18-19-20-22)24-11-16(23)21-13(2)5-4-6-14(21)3/h7-10,13-14H,4-6,11H2,1-3H3/t13-,14-/m1/s1. The van der Waals surface area contributed by atoms with Crippen LogP contribution >= 0.6 is 11.8 Å². The molecule has 0 bridgehead atoms. The van der Waals surface area contributed by atoms with Crippen molar-refractivity contribution in [2.75, 3.05) is 5.75 Å². The second-order valence-electron chi connectivity index (χ2n) is 6.43. The van der Waals surface area contributed by atoms with Gasteiger partial charge in [-0.3, -0.25) is 4.79 Å². The van der Waals surface area contributed by atoms with E-state index in [9.17, 15) is 4.79 Å². The molecule has 1 amide bonds. The van der Waals surface area contributed by atoms with Crippen molar-refractivity contribution in [3.63, 3.8) is 0 Å². The highest BCUT2D eigenvalue weighted by atomic mass is 32.2. The minimum absolute atomic E-state index is 0.165. The molecule has 0 radical (unpaired) electrons. The van der Waals surface area contributed by atoms with Crippen LogP contribution in [-0.2, 0) is 4.79 Å². The Kier molecular flexibility index (Phi) is 5.18. The smallest absolute Gasteiger partial charge is 0.233 e. The molecule has 1 aromatic carbocycles. The van der Waals surface area contributed by atoms with Gasteiger partial charge in [0.25, 0.3) is 0 Å². The highest BCUT2D eigenvalue weighted by Crippen LogP contribution is 2.25. The van der Waals surface area contributed by atoms with Gasteiger partial charge in [-0.2, -0.15) is 4.68 Å². The Labute approximate surface area is 146 Å². The zero-order chi connectivity index (χ0) is 17.1. The number of benzene rings is 1. The van der Waals surface area contributed by atoms with Crippen LogP contribution in [0.1, 0.15) is 38.7 Å². The van der Waals surface area contributed by atoms with Gasteiger partial charge in [0.1, 0.15) is 0 Å². The Hall–Kier alpha value is -1.89. The highest BCUT2D eigenvalue weighted by Gasteiger charge is 2.29. The largest absolute Gasteiger partial charge is 0.337 e. The lowest BCUT2D eigenvalue weighted by Gasteiger charge is -2.39. The molecule has 24 heavy (non-hydrogen) atoms.